The summed E-state index contributed by atoms with van der Waals surface area (Å²) in [4.78, 5) is 64.4. The largest absolute Gasteiger partial charge is 0.402 e. The number of thioether (sulfide) groups is 6. The van der Waals surface area contributed by atoms with Gasteiger partial charge in [-0.3, -0.25) is 28.8 Å². The summed E-state index contributed by atoms with van der Waals surface area (Å²) < 4.78 is 0. The molecule has 6 rings (SSSR count). The van der Waals surface area contributed by atoms with E-state index in [0.717, 1.165) is 71.2 Å². The molecule has 6 aliphatic heterocycles. The molecule has 0 amide bonds. The predicted molar refractivity (Wildman–Crippen MR) is 275 cm³/mol. The molecule has 6 aliphatic rings. The zero-order valence-corrected chi connectivity index (χ0v) is 40.3. The van der Waals surface area contributed by atoms with Crippen LogP contribution in [0.25, 0.3) is 0 Å². The van der Waals surface area contributed by atoms with Crippen LogP contribution in [0.15, 0.2) is 73.7 Å². The van der Waals surface area contributed by atoms with Crippen LogP contribution in [0.5, 0.6) is 0 Å². The Morgan fingerprint density at radius 1 is 0.417 bits per heavy atom. The van der Waals surface area contributed by atoms with E-state index in [1.807, 2.05) is 20.8 Å². The number of nitrogens with two attached hydrogens (primary N) is 3. The Hall–Kier alpha value is -2.64. The maximum Gasteiger partial charge on any atom is 0.189 e. The lowest BCUT2D eigenvalue weighted by atomic mass is 10.1. The van der Waals surface area contributed by atoms with Gasteiger partial charge in [-0.1, -0.05) is 110 Å². The molecular weight excluding hydrogens is 877 g/mol. The third kappa shape index (κ3) is 23.0. The van der Waals surface area contributed by atoms with Crippen molar-refractivity contribution in [1.29, 1.82) is 0 Å². The highest BCUT2D eigenvalue weighted by atomic mass is 32.2. The molecule has 60 heavy (non-hydrogen) atoms. The molecular formula is C42H78N6O6S6. The molecule has 12 nitrogen and oxygen atoms in total. The number of rotatable bonds is 12. The molecule has 0 saturated carbocycles. The van der Waals surface area contributed by atoms with E-state index in [1.165, 1.54) is 70.6 Å². The molecule has 9 N–H and O–H groups in total. The fourth-order valence-corrected chi connectivity index (χ4v) is 11.8. The topological polar surface area (TPSA) is 217 Å². The number of nitrogens with one attached hydrogen (secondary N) is 3. The first-order valence-corrected chi connectivity index (χ1v) is 25.8. The lowest BCUT2D eigenvalue weighted by Gasteiger charge is -2.11. The molecule has 6 heterocycles. The lowest BCUT2D eigenvalue weighted by Crippen LogP contribution is -2.18. The summed E-state index contributed by atoms with van der Waals surface area (Å²) in [7, 11) is 0. The van der Waals surface area contributed by atoms with Crippen LogP contribution in [-0.2, 0) is 28.8 Å². The molecule has 0 spiro atoms. The summed E-state index contributed by atoms with van der Waals surface area (Å²) in [5, 5.41) is 11.1. The third-order valence-electron chi connectivity index (χ3n) is 9.41. The molecule has 0 aliphatic carbocycles. The van der Waals surface area contributed by atoms with Crippen LogP contribution in [0.3, 0.4) is 0 Å². The molecule has 0 aromatic rings. The van der Waals surface area contributed by atoms with Gasteiger partial charge in [-0.2, -0.15) is 0 Å². The van der Waals surface area contributed by atoms with Crippen LogP contribution >= 0.6 is 70.6 Å². The van der Waals surface area contributed by atoms with E-state index >= 15 is 0 Å². The van der Waals surface area contributed by atoms with Crippen molar-refractivity contribution in [2.75, 3.05) is 54.2 Å². The third-order valence-corrected chi connectivity index (χ3v) is 15.8. The second kappa shape index (κ2) is 30.4. The monoisotopic (exact) mass is 954 g/mol. The maximum absolute atomic E-state index is 10.9. The van der Waals surface area contributed by atoms with E-state index in [-0.39, 0.29) is 41.7 Å². The minimum Gasteiger partial charge on any atom is -0.402 e. The van der Waals surface area contributed by atoms with Crippen molar-refractivity contribution in [3.05, 3.63) is 73.7 Å². The molecule has 6 fully saturated rings. The smallest absolute Gasteiger partial charge is 0.189 e. The fraction of sp³-hybridized carbons (Fsp3) is 0.571. The predicted octanol–water partition coefficient (Wildman–Crippen LogP) is 7.86. The Bertz CT molecular complexity index is 1440. The highest BCUT2D eigenvalue weighted by Gasteiger charge is 2.27. The van der Waals surface area contributed by atoms with Gasteiger partial charge in [-0.05, 0) is 20.8 Å². The molecule has 18 heteroatoms. The summed E-state index contributed by atoms with van der Waals surface area (Å²) in [6.07, 6.45) is 3.74. The zero-order chi connectivity index (χ0) is 45.4. The van der Waals surface area contributed by atoms with Crippen molar-refractivity contribution in [2.24, 2.45) is 52.7 Å². The first-order valence-electron chi connectivity index (χ1n) is 19.9. The van der Waals surface area contributed by atoms with E-state index in [9.17, 15) is 28.8 Å². The van der Waals surface area contributed by atoms with E-state index in [2.05, 4.69) is 55.4 Å². The molecule has 0 unspecified atom stereocenters. The van der Waals surface area contributed by atoms with Crippen LogP contribution in [0.2, 0.25) is 0 Å². The quantitative estimate of drug-likeness (QED) is 0.110. The molecule has 348 valence electrons. The molecule has 6 saturated heterocycles. The normalized spacial score (nSPS) is 25.1. The second-order valence-electron chi connectivity index (χ2n) is 14.4. The number of carbonyl (C=O) groups is 6. The molecule has 0 aromatic carbocycles. The van der Waals surface area contributed by atoms with Crippen LogP contribution in [0.1, 0.15) is 67.9 Å². The summed E-state index contributed by atoms with van der Waals surface area (Å²) >= 11 is 8.32. The van der Waals surface area contributed by atoms with Crippen molar-refractivity contribution < 1.29 is 37.3 Å². The van der Waals surface area contributed by atoms with E-state index < -0.39 is 0 Å². The SMILES string of the molecule is C=C(N)[C@H]1CSC(=O)C1.C=C(N)[C@H]1CSC(=O)C1.C=C(N)[C@H]1CSC(=O)C1.C=C(NCC)[C@H]1CSC(=O)C1.C=C(NCC)[C@H]1CSC(=O)C1.C=C(NCC)[C@H]1CSC(=O)C1.[HH].[HH].[HH].[HH].[HH].[HH]. The molecule has 6 atom stereocenters. The summed E-state index contributed by atoms with van der Waals surface area (Å²) in [6.45, 7) is 31.2. The fourth-order valence-electron chi connectivity index (χ4n) is 5.58. The molecule has 0 aromatic heterocycles. The first-order chi connectivity index (χ1) is 28.3. The van der Waals surface area contributed by atoms with E-state index in [4.69, 9.17) is 17.2 Å². The van der Waals surface area contributed by atoms with Gasteiger partial charge in [0.25, 0.3) is 0 Å². The van der Waals surface area contributed by atoms with Gasteiger partial charge in [0.1, 0.15) is 0 Å². The Labute approximate surface area is 392 Å². The minimum absolute atomic E-state index is 0. The minimum atomic E-state index is 0. The van der Waals surface area contributed by atoms with Crippen molar-refractivity contribution in [3.8, 4) is 0 Å². The number of hydrogen-bond acceptors (Lipinski definition) is 18. The standard InChI is InChI=1S/3C8H13NOS.3C6H9NOS.6H2/c3*1-3-9-6(2)7-4-8(10)11-5-7;3*1-4(7)5-2-6(8)9-3-5;;;;;;/h3*7,9H,2-5H2,1H3;3*5H,1-3,7H2;6*1H/t3*7-;3*5-;;;;;;/m111111....../s1. The summed E-state index contributed by atoms with van der Waals surface area (Å²) in [5.41, 5.74) is 21.2. The van der Waals surface area contributed by atoms with Gasteiger partial charge >= 0.3 is 0 Å². The van der Waals surface area contributed by atoms with E-state index in [1.54, 1.807) is 0 Å². The van der Waals surface area contributed by atoms with Gasteiger partial charge in [0, 0.05) is 171 Å². The van der Waals surface area contributed by atoms with Crippen molar-refractivity contribution in [3.63, 3.8) is 0 Å². The van der Waals surface area contributed by atoms with Crippen LogP contribution in [-0.4, -0.2) is 84.8 Å². The Balaban J connectivity index is -0.000000161. The van der Waals surface area contributed by atoms with Gasteiger partial charge < -0.3 is 33.2 Å². The van der Waals surface area contributed by atoms with Gasteiger partial charge in [0.15, 0.2) is 30.7 Å². The molecule has 0 bridgehead atoms. The van der Waals surface area contributed by atoms with Crippen molar-refractivity contribution in [2.45, 2.75) is 59.3 Å². The number of carbonyl (C=O) groups excluding carboxylic acids is 6. The maximum atomic E-state index is 10.9. The van der Waals surface area contributed by atoms with Gasteiger partial charge in [0.2, 0.25) is 0 Å². The average molecular weight is 956 g/mol. The van der Waals surface area contributed by atoms with Crippen molar-refractivity contribution >= 4 is 101 Å². The van der Waals surface area contributed by atoms with Crippen molar-refractivity contribution in [1.82, 2.24) is 16.0 Å². The van der Waals surface area contributed by atoms with Gasteiger partial charge in [-0.25, -0.2) is 0 Å². The van der Waals surface area contributed by atoms with E-state index in [0.29, 0.717) is 88.7 Å². The number of allylic oxidation sites excluding steroid dienone is 6. The number of hydrogen-bond donors (Lipinski definition) is 6. The van der Waals surface area contributed by atoms with Gasteiger partial charge in [0.05, 0.1) is 0 Å². The first kappa shape index (κ1) is 55.4. The Morgan fingerprint density at radius 3 is 0.683 bits per heavy atom. The van der Waals surface area contributed by atoms with Crippen LogP contribution in [0.4, 0.5) is 0 Å². The van der Waals surface area contributed by atoms with Crippen LogP contribution in [0, 0.1) is 35.5 Å². The molecule has 0 radical (unpaired) electrons. The van der Waals surface area contributed by atoms with Gasteiger partial charge in [-0.15, -0.1) is 0 Å². The summed E-state index contributed by atoms with van der Waals surface area (Å²) in [6, 6.07) is 0. The Kier molecular flexibility index (Phi) is 28.1. The van der Waals surface area contributed by atoms with Crippen LogP contribution < -0.4 is 33.2 Å². The average Bonchev–Trinajstić information content (AvgIpc) is 4.05. The zero-order valence-electron chi connectivity index (χ0n) is 35.4. The second-order valence-corrected chi connectivity index (χ2v) is 20.9. The summed E-state index contributed by atoms with van der Waals surface area (Å²) in [5.74, 6) is 7.02. The highest BCUT2D eigenvalue weighted by molar-refractivity contribution is 8.15. The Morgan fingerprint density at radius 2 is 0.583 bits per heavy atom. The highest BCUT2D eigenvalue weighted by Crippen LogP contribution is 2.32. The lowest BCUT2D eigenvalue weighted by molar-refractivity contribution is -0.111.